The number of carbonyl (C=O) groups is 2. The second kappa shape index (κ2) is 8.70. The van der Waals surface area contributed by atoms with Crippen molar-refractivity contribution < 1.29 is 27.5 Å². The van der Waals surface area contributed by atoms with Crippen molar-refractivity contribution in [2.45, 2.75) is 45.5 Å². The summed E-state index contributed by atoms with van der Waals surface area (Å²) < 4.78 is 44.2. The molecule has 12 heteroatoms. The third-order valence-corrected chi connectivity index (χ3v) is 4.66. The molecule has 29 heavy (non-hydrogen) atoms. The Balaban J connectivity index is 2.36. The van der Waals surface area contributed by atoms with E-state index in [0.717, 1.165) is 4.90 Å². The first-order valence-electron chi connectivity index (χ1n) is 8.82. The molecule has 1 aliphatic rings. The number of alkyl halides is 3. The number of rotatable bonds is 6. The third-order valence-electron chi connectivity index (χ3n) is 4.36. The van der Waals surface area contributed by atoms with Gasteiger partial charge in [-0.3, -0.25) is 4.79 Å². The second-order valence-electron chi connectivity index (χ2n) is 7.67. The van der Waals surface area contributed by atoms with E-state index in [-0.39, 0.29) is 35.5 Å². The molecule has 1 unspecified atom stereocenters. The number of nitrogens with zero attached hydrogens (tertiary/aromatic N) is 3. The summed E-state index contributed by atoms with van der Waals surface area (Å²) in [5.41, 5.74) is -0.438. The molecule has 3 amide bonds. The van der Waals surface area contributed by atoms with Crippen LogP contribution in [0.4, 0.5) is 23.8 Å². The second-order valence-corrected chi connectivity index (χ2v) is 8.03. The number of carbonyl (C=O) groups excluding carboxylic acids is 2. The zero-order chi connectivity index (χ0) is 22.0. The predicted octanol–water partition coefficient (Wildman–Crippen LogP) is 3.15. The van der Waals surface area contributed by atoms with Gasteiger partial charge in [0.05, 0.1) is 12.6 Å². The van der Waals surface area contributed by atoms with Crippen molar-refractivity contribution in [3.8, 4) is 0 Å². The summed E-state index contributed by atoms with van der Waals surface area (Å²) >= 11 is 6.14. The number of hydrogen-bond acceptors (Lipinski definition) is 5. The van der Waals surface area contributed by atoms with Gasteiger partial charge in [0.2, 0.25) is 5.91 Å². The van der Waals surface area contributed by atoms with E-state index in [0.29, 0.717) is 0 Å². The summed E-state index contributed by atoms with van der Waals surface area (Å²) in [6, 6.07) is -2.31. The van der Waals surface area contributed by atoms with Gasteiger partial charge in [-0.2, -0.15) is 13.2 Å². The number of methoxy groups -OCH3 is 1. The van der Waals surface area contributed by atoms with E-state index in [9.17, 15) is 22.8 Å². The monoisotopic (exact) mass is 437 g/mol. The fourth-order valence-electron chi connectivity index (χ4n) is 2.71. The van der Waals surface area contributed by atoms with Gasteiger partial charge in [0, 0.05) is 24.7 Å². The Hall–Kier alpha value is -2.14. The van der Waals surface area contributed by atoms with Crippen LogP contribution in [0.3, 0.4) is 0 Å². The summed E-state index contributed by atoms with van der Waals surface area (Å²) in [6.45, 7) is 4.70. The molecular weight excluding hydrogens is 415 g/mol. The van der Waals surface area contributed by atoms with Crippen LogP contribution >= 0.6 is 11.6 Å². The fraction of sp³-hybridized carbons (Fsp3) is 0.647. The van der Waals surface area contributed by atoms with Crippen LogP contribution in [-0.2, 0) is 9.53 Å². The molecular formula is C17H23ClF3N5O3. The van der Waals surface area contributed by atoms with Gasteiger partial charge in [0.15, 0.2) is 11.0 Å². The maximum absolute atomic E-state index is 13.1. The molecule has 0 spiro atoms. The number of nitrogens with one attached hydrogen (secondary N) is 2. The summed E-state index contributed by atoms with van der Waals surface area (Å²) in [5.74, 6) is -0.247. The number of halogens is 4. The molecule has 0 aliphatic carbocycles. The molecule has 0 saturated carbocycles. The molecule has 2 rings (SSSR count). The van der Waals surface area contributed by atoms with E-state index in [1.807, 2.05) is 5.32 Å². The van der Waals surface area contributed by atoms with Crippen molar-refractivity contribution in [3.05, 3.63) is 16.8 Å². The van der Waals surface area contributed by atoms with Crippen LogP contribution in [0.5, 0.6) is 0 Å². The molecule has 2 N–H and O–H groups in total. The van der Waals surface area contributed by atoms with Crippen LogP contribution in [0.2, 0.25) is 5.15 Å². The Morgan fingerprint density at radius 1 is 1.41 bits per heavy atom. The van der Waals surface area contributed by atoms with Crippen LogP contribution < -0.4 is 10.6 Å². The SMILES string of the molecule is COCCC(c1cc(NC(=O)C(C)(C)C)nnc1Cl)N1C[C@@H](C(F)(F)F)NC1=O. The maximum atomic E-state index is 13.1. The van der Waals surface area contributed by atoms with Crippen molar-refractivity contribution >= 4 is 29.4 Å². The van der Waals surface area contributed by atoms with Crippen molar-refractivity contribution in [3.63, 3.8) is 0 Å². The molecule has 1 aromatic heterocycles. The highest BCUT2D eigenvalue weighted by Crippen LogP contribution is 2.35. The van der Waals surface area contributed by atoms with E-state index < -0.39 is 36.3 Å². The van der Waals surface area contributed by atoms with Gasteiger partial charge in [-0.05, 0) is 12.5 Å². The smallest absolute Gasteiger partial charge is 0.385 e. The van der Waals surface area contributed by atoms with E-state index in [4.69, 9.17) is 16.3 Å². The van der Waals surface area contributed by atoms with Gasteiger partial charge in [-0.25, -0.2) is 4.79 Å². The molecule has 162 valence electrons. The largest absolute Gasteiger partial charge is 0.410 e. The van der Waals surface area contributed by atoms with Crippen molar-refractivity contribution in [1.82, 2.24) is 20.4 Å². The minimum Gasteiger partial charge on any atom is -0.385 e. The Kier molecular flexibility index (Phi) is 6.94. The van der Waals surface area contributed by atoms with Crippen LogP contribution in [0.25, 0.3) is 0 Å². The standard InChI is InChI=1S/C17H23ClF3N5O3/c1-16(2,3)14(27)23-12-7-9(13(18)25-24-12)10(5-6-29-4)26-8-11(17(19,20)21)22-15(26)28/h7,10-11H,5-6,8H2,1-4H3,(H,22,28)(H,23,24,27)/t10?,11-/m0/s1. The summed E-state index contributed by atoms with van der Waals surface area (Å²) in [6.07, 6.45) is -4.41. The molecule has 0 bridgehead atoms. The van der Waals surface area contributed by atoms with Gasteiger partial charge in [0.25, 0.3) is 0 Å². The molecule has 2 heterocycles. The zero-order valence-corrected chi connectivity index (χ0v) is 17.2. The lowest BCUT2D eigenvalue weighted by Crippen LogP contribution is -2.40. The molecule has 1 aromatic rings. The van der Waals surface area contributed by atoms with Gasteiger partial charge < -0.3 is 20.3 Å². The van der Waals surface area contributed by atoms with Crippen LogP contribution in [0.15, 0.2) is 6.07 Å². The molecule has 1 saturated heterocycles. The molecule has 1 aliphatic heterocycles. The first-order valence-corrected chi connectivity index (χ1v) is 9.19. The average Bonchev–Trinajstić information content (AvgIpc) is 2.99. The number of urea groups is 1. The lowest BCUT2D eigenvalue weighted by molar-refractivity contribution is -0.150. The Morgan fingerprint density at radius 3 is 2.59 bits per heavy atom. The molecule has 8 nitrogen and oxygen atoms in total. The Bertz CT molecular complexity index is 770. The lowest BCUT2D eigenvalue weighted by Gasteiger charge is -2.28. The van der Waals surface area contributed by atoms with Gasteiger partial charge >= 0.3 is 12.2 Å². The number of hydrogen-bond donors (Lipinski definition) is 2. The first-order chi connectivity index (χ1) is 13.3. The summed E-state index contributed by atoms with van der Waals surface area (Å²) in [5, 5.41) is 12.0. The van der Waals surface area contributed by atoms with Crippen molar-refractivity contribution in [2.75, 3.05) is 25.6 Å². The Labute approximate surface area is 171 Å². The van der Waals surface area contributed by atoms with E-state index in [2.05, 4.69) is 15.5 Å². The molecule has 1 fully saturated rings. The highest BCUT2D eigenvalue weighted by Gasteiger charge is 2.48. The number of amides is 3. The quantitative estimate of drug-likeness (QED) is 0.712. The van der Waals surface area contributed by atoms with Gasteiger partial charge in [-0.15, -0.1) is 10.2 Å². The highest BCUT2D eigenvalue weighted by atomic mass is 35.5. The van der Waals surface area contributed by atoms with Crippen LogP contribution in [0, 0.1) is 5.41 Å². The molecule has 2 atom stereocenters. The van der Waals surface area contributed by atoms with Gasteiger partial charge in [-0.1, -0.05) is 32.4 Å². The normalized spacial score (nSPS) is 18.6. The topological polar surface area (TPSA) is 96.4 Å². The Morgan fingerprint density at radius 2 is 2.07 bits per heavy atom. The maximum Gasteiger partial charge on any atom is 0.410 e. The number of aromatic nitrogens is 2. The molecule has 0 aromatic carbocycles. The van der Waals surface area contributed by atoms with Crippen LogP contribution in [0.1, 0.15) is 38.8 Å². The van der Waals surface area contributed by atoms with Gasteiger partial charge in [0.1, 0.15) is 6.04 Å². The van der Waals surface area contributed by atoms with Crippen molar-refractivity contribution in [2.24, 2.45) is 5.41 Å². The average molecular weight is 438 g/mol. The van der Waals surface area contributed by atoms with Crippen molar-refractivity contribution in [1.29, 1.82) is 0 Å². The highest BCUT2D eigenvalue weighted by molar-refractivity contribution is 6.30. The summed E-state index contributed by atoms with van der Waals surface area (Å²) in [7, 11) is 1.43. The fourth-order valence-corrected chi connectivity index (χ4v) is 2.93. The third kappa shape index (κ3) is 5.69. The van der Waals surface area contributed by atoms with E-state index in [1.54, 1.807) is 20.8 Å². The number of ether oxygens (including phenoxy) is 1. The minimum atomic E-state index is -4.58. The predicted molar refractivity (Wildman–Crippen MR) is 99.4 cm³/mol. The zero-order valence-electron chi connectivity index (χ0n) is 16.4. The molecule has 0 radical (unpaired) electrons. The number of anilines is 1. The van der Waals surface area contributed by atoms with E-state index >= 15 is 0 Å². The lowest BCUT2D eigenvalue weighted by atomic mass is 9.96. The minimum absolute atomic E-state index is 0.0804. The van der Waals surface area contributed by atoms with Crippen LogP contribution in [-0.4, -0.2) is 59.5 Å². The summed E-state index contributed by atoms with van der Waals surface area (Å²) in [4.78, 5) is 25.5. The first kappa shape index (κ1) is 23.1. The van der Waals surface area contributed by atoms with E-state index in [1.165, 1.54) is 13.2 Å².